The number of alkyl halides is 1. The molecule has 0 saturated carbocycles. The van der Waals surface area contributed by atoms with Crippen molar-refractivity contribution in [1.82, 2.24) is 0 Å². The maximum absolute atomic E-state index is 11.5. The molecule has 18 heavy (non-hydrogen) atoms. The Bertz CT molecular complexity index is 449. The third-order valence-corrected chi connectivity index (χ3v) is 3.13. The van der Waals surface area contributed by atoms with Crippen LogP contribution in [-0.2, 0) is 9.53 Å². The number of esters is 1. The molecule has 0 aliphatic heterocycles. The van der Waals surface area contributed by atoms with Gasteiger partial charge in [0.1, 0.15) is 0 Å². The highest BCUT2D eigenvalue weighted by Crippen LogP contribution is 2.24. The van der Waals surface area contributed by atoms with E-state index < -0.39 is 0 Å². The first-order chi connectivity index (χ1) is 8.58. The van der Waals surface area contributed by atoms with Crippen LogP contribution in [0.3, 0.4) is 0 Å². The van der Waals surface area contributed by atoms with E-state index in [9.17, 15) is 9.59 Å². The van der Waals surface area contributed by atoms with Gasteiger partial charge in [0.2, 0.25) is 5.91 Å². The minimum Gasteiger partial charge on any atom is -0.462 e. The van der Waals surface area contributed by atoms with Crippen LogP contribution in [0.5, 0.6) is 0 Å². The number of hydrogen-bond acceptors (Lipinski definition) is 3. The van der Waals surface area contributed by atoms with Gasteiger partial charge in [-0.2, -0.15) is 0 Å². The summed E-state index contributed by atoms with van der Waals surface area (Å²) in [5, 5.41) is 3.35. The fourth-order valence-corrected chi connectivity index (χ4v) is 2.09. The molecule has 0 unspecified atom stereocenters. The molecule has 0 atom stereocenters. The van der Waals surface area contributed by atoms with Crippen LogP contribution < -0.4 is 5.32 Å². The second-order valence-electron chi connectivity index (χ2n) is 3.40. The number of nitrogens with one attached hydrogen (secondary N) is 1. The molecule has 0 heterocycles. The van der Waals surface area contributed by atoms with Gasteiger partial charge in [0.25, 0.3) is 0 Å². The lowest BCUT2D eigenvalue weighted by Gasteiger charge is -2.08. The van der Waals surface area contributed by atoms with E-state index in [1.165, 1.54) is 0 Å². The highest BCUT2D eigenvalue weighted by Gasteiger charge is 2.10. The predicted molar refractivity (Wildman–Crippen MR) is 77.1 cm³/mol. The Morgan fingerprint density at radius 2 is 2.11 bits per heavy atom. The van der Waals surface area contributed by atoms with E-state index >= 15 is 0 Å². The zero-order chi connectivity index (χ0) is 13.5. The summed E-state index contributed by atoms with van der Waals surface area (Å²) in [7, 11) is 0. The number of amides is 1. The third kappa shape index (κ3) is 4.42. The average Bonchev–Trinajstić information content (AvgIpc) is 2.32. The molecule has 0 saturated heterocycles. The first-order valence-corrected chi connectivity index (χ1v) is 7.32. The zero-order valence-electron chi connectivity index (χ0n) is 9.83. The number of ether oxygens (including phenoxy) is 1. The predicted octanol–water partition coefficient (Wildman–Crippen LogP) is 3.35. The summed E-state index contributed by atoms with van der Waals surface area (Å²) in [5.41, 5.74) is 1.08. The van der Waals surface area contributed by atoms with Crippen LogP contribution in [0.15, 0.2) is 22.7 Å². The molecule has 98 valence electrons. The number of benzene rings is 1. The van der Waals surface area contributed by atoms with Gasteiger partial charge in [-0.15, -0.1) is 0 Å². The molecule has 0 aliphatic rings. The number of halogens is 2. The second-order valence-corrected chi connectivity index (χ2v) is 5.05. The van der Waals surface area contributed by atoms with E-state index in [1.807, 2.05) is 0 Å². The van der Waals surface area contributed by atoms with Gasteiger partial charge in [0.15, 0.2) is 0 Å². The fourth-order valence-electron chi connectivity index (χ4n) is 1.26. The van der Waals surface area contributed by atoms with Crippen LogP contribution in [0.2, 0.25) is 0 Å². The van der Waals surface area contributed by atoms with Gasteiger partial charge in [0, 0.05) is 16.2 Å². The van der Waals surface area contributed by atoms with E-state index in [1.54, 1.807) is 25.1 Å². The Morgan fingerprint density at radius 1 is 1.39 bits per heavy atom. The number of rotatable bonds is 5. The Morgan fingerprint density at radius 3 is 2.67 bits per heavy atom. The lowest BCUT2D eigenvalue weighted by Crippen LogP contribution is -2.12. The van der Waals surface area contributed by atoms with Crippen LogP contribution in [0, 0.1) is 0 Å². The van der Waals surface area contributed by atoms with Gasteiger partial charge in [-0.3, -0.25) is 4.79 Å². The smallest absolute Gasteiger partial charge is 0.338 e. The van der Waals surface area contributed by atoms with Crippen molar-refractivity contribution in [3.05, 3.63) is 28.2 Å². The summed E-state index contributed by atoms with van der Waals surface area (Å²) in [4.78, 5) is 22.9. The number of carbonyl (C=O) groups is 2. The summed E-state index contributed by atoms with van der Waals surface area (Å²) >= 11 is 6.51. The molecule has 4 nitrogen and oxygen atoms in total. The Labute approximate surface area is 122 Å². The standard InChI is InChI=1S/C12H13Br2NO3/c1-2-18-12(17)8-3-4-10(9(14)7-8)15-11(16)5-6-13/h3-4,7H,2,5-6H2,1H3,(H,15,16). The molecule has 1 aromatic rings. The molecule has 0 radical (unpaired) electrons. The topological polar surface area (TPSA) is 55.4 Å². The molecule has 0 aliphatic carbocycles. The average molecular weight is 379 g/mol. The van der Waals surface area contributed by atoms with E-state index in [2.05, 4.69) is 37.2 Å². The Balaban J connectivity index is 2.79. The number of hydrogen-bond donors (Lipinski definition) is 1. The second kappa shape index (κ2) is 7.53. The van der Waals surface area contributed by atoms with Crippen molar-refractivity contribution in [2.24, 2.45) is 0 Å². The summed E-state index contributed by atoms with van der Waals surface area (Å²) in [6.45, 7) is 2.09. The van der Waals surface area contributed by atoms with Crippen molar-refractivity contribution in [3.63, 3.8) is 0 Å². The fraction of sp³-hybridized carbons (Fsp3) is 0.333. The van der Waals surface area contributed by atoms with Gasteiger partial charge < -0.3 is 10.1 Å². The van der Waals surface area contributed by atoms with E-state index in [4.69, 9.17) is 4.74 Å². The van der Waals surface area contributed by atoms with Crippen molar-refractivity contribution in [3.8, 4) is 0 Å². The first kappa shape index (κ1) is 15.2. The quantitative estimate of drug-likeness (QED) is 0.631. The molecule has 0 bridgehead atoms. The first-order valence-electron chi connectivity index (χ1n) is 5.41. The summed E-state index contributed by atoms with van der Waals surface area (Å²) < 4.78 is 5.54. The van der Waals surface area contributed by atoms with Gasteiger partial charge in [-0.25, -0.2) is 4.79 Å². The van der Waals surface area contributed by atoms with Crippen molar-refractivity contribution in [2.45, 2.75) is 13.3 Å². The highest BCUT2D eigenvalue weighted by atomic mass is 79.9. The van der Waals surface area contributed by atoms with Gasteiger partial charge in [-0.1, -0.05) is 15.9 Å². The van der Waals surface area contributed by atoms with Crippen LogP contribution in [-0.4, -0.2) is 23.8 Å². The Kier molecular flexibility index (Phi) is 6.35. The maximum Gasteiger partial charge on any atom is 0.338 e. The third-order valence-electron chi connectivity index (χ3n) is 2.08. The van der Waals surface area contributed by atoms with Crippen LogP contribution >= 0.6 is 31.9 Å². The maximum atomic E-state index is 11.5. The summed E-state index contributed by atoms with van der Waals surface area (Å²) in [5.74, 6) is -0.465. The minimum absolute atomic E-state index is 0.0866. The van der Waals surface area contributed by atoms with Gasteiger partial charge in [-0.05, 0) is 41.1 Å². The van der Waals surface area contributed by atoms with E-state index in [0.717, 1.165) is 0 Å². The van der Waals surface area contributed by atoms with Crippen molar-refractivity contribution >= 4 is 49.4 Å². The van der Waals surface area contributed by atoms with Crippen molar-refractivity contribution in [2.75, 3.05) is 17.3 Å². The van der Waals surface area contributed by atoms with E-state index in [-0.39, 0.29) is 11.9 Å². The van der Waals surface area contributed by atoms with Crippen LogP contribution in [0.25, 0.3) is 0 Å². The van der Waals surface area contributed by atoms with Gasteiger partial charge in [0.05, 0.1) is 17.9 Å². The zero-order valence-corrected chi connectivity index (χ0v) is 13.0. The lowest BCUT2D eigenvalue weighted by atomic mass is 10.2. The minimum atomic E-state index is -0.378. The largest absolute Gasteiger partial charge is 0.462 e. The van der Waals surface area contributed by atoms with Crippen molar-refractivity contribution < 1.29 is 14.3 Å². The van der Waals surface area contributed by atoms with E-state index in [0.29, 0.717) is 34.1 Å². The lowest BCUT2D eigenvalue weighted by molar-refractivity contribution is -0.115. The molecule has 1 N–H and O–H groups in total. The molecule has 1 rings (SSSR count). The summed E-state index contributed by atoms with van der Waals surface area (Å²) in [6, 6.07) is 4.91. The normalized spacial score (nSPS) is 9.94. The molecule has 0 aromatic heterocycles. The molecular formula is C12H13Br2NO3. The number of anilines is 1. The molecule has 1 aromatic carbocycles. The molecule has 0 spiro atoms. The van der Waals surface area contributed by atoms with Crippen molar-refractivity contribution in [1.29, 1.82) is 0 Å². The molecular weight excluding hydrogens is 366 g/mol. The summed E-state index contributed by atoms with van der Waals surface area (Å²) in [6.07, 6.45) is 0.395. The van der Waals surface area contributed by atoms with Crippen LogP contribution in [0.1, 0.15) is 23.7 Å². The van der Waals surface area contributed by atoms with Gasteiger partial charge >= 0.3 is 5.97 Å². The number of carbonyl (C=O) groups excluding carboxylic acids is 2. The monoisotopic (exact) mass is 377 g/mol. The SMILES string of the molecule is CCOC(=O)c1ccc(NC(=O)CCBr)c(Br)c1. The molecule has 1 amide bonds. The van der Waals surface area contributed by atoms with Crippen LogP contribution in [0.4, 0.5) is 5.69 Å². The molecule has 0 fully saturated rings. The molecule has 6 heteroatoms. The highest BCUT2D eigenvalue weighted by molar-refractivity contribution is 9.10. The Hall–Kier alpha value is -0.880.